The van der Waals surface area contributed by atoms with Crippen LogP contribution in [0.4, 0.5) is 0 Å². The first-order valence-electron chi connectivity index (χ1n) is 4.92. The Labute approximate surface area is 88.9 Å². The summed E-state index contributed by atoms with van der Waals surface area (Å²) in [6, 6.07) is 5.47. The monoisotopic (exact) mass is 206 g/mol. The molecule has 3 heteroatoms. The number of fused-ring (bicyclic) bond motifs is 1. The van der Waals surface area contributed by atoms with Crippen molar-refractivity contribution in [3.8, 4) is 11.5 Å². The lowest BCUT2D eigenvalue weighted by molar-refractivity contribution is 0.139. The van der Waals surface area contributed by atoms with Crippen molar-refractivity contribution < 1.29 is 14.6 Å². The van der Waals surface area contributed by atoms with Gasteiger partial charge in [0.25, 0.3) is 0 Å². The fraction of sp³-hybridized carbons (Fsp3) is 0.333. The van der Waals surface area contributed by atoms with Gasteiger partial charge in [0, 0.05) is 5.92 Å². The van der Waals surface area contributed by atoms with Crippen LogP contribution in [0.1, 0.15) is 18.6 Å². The molecular formula is C12H14O3. The van der Waals surface area contributed by atoms with Crippen LogP contribution in [0.2, 0.25) is 0 Å². The van der Waals surface area contributed by atoms with Gasteiger partial charge in [0.05, 0.1) is 6.10 Å². The largest absolute Gasteiger partial charge is 0.454 e. The normalized spacial score (nSPS) is 17.2. The van der Waals surface area contributed by atoms with Crippen molar-refractivity contribution in [1.82, 2.24) is 0 Å². The van der Waals surface area contributed by atoms with Gasteiger partial charge in [-0.3, -0.25) is 0 Å². The molecule has 0 unspecified atom stereocenters. The molecule has 1 aromatic carbocycles. The van der Waals surface area contributed by atoms with Crippen LogP contribution in [0.25, 0.3) is 0 Å². The van der Waals surface area contributed by atoms with E-state index in [1.807, 2.05) is 25.1 Å². The summed E-state index contributed by atoms with van der Waals surface area (Å²) in [5.41, 5.74) is 0.826. The third kappa shape index (κ3) is 1.83. The molecule has 0 spiro atoms. The van der Waals surface area contributed by atoms with Crippen LogP contribution in [-0.4, -0.2) is 11.9 Å². The average molecular weight is 206 g/mol. The van der Waals surface area contributed by atoms with Crippen LogP contribution in [-0.2, 0) is 0 Å². The van der Waals surface area contributed by atoms with Gasteiger partial charge in [-0.15, -0.1) is 6.58 Å². The second-order valence-corrected chi connectivity index (χ2v) is 3.65. The summed E-state index contributed by atoms with van der Waals surface area (Å²) in [5, 5.41) is 9.95. The summed E-state index contributed by atoms with van der Waals surface area (Å²) >= 11 is 0. The van der Waals surface area contributed by atoms with Gasteiger partial charge in [0.1, 0.15) is 0 Å². The molecule has 1 aliphatic rings. The zero-order chi connectivity index (χ0) is 10.8. The lowest BCUT2D eigenvalue weighted by atomic mass is 9.97. The Bertz CT molecular complexity index is 373. The van der Waals surface area contributed by atoms with E-state index in [0.717, 1.165) is 11.3 Å². The summed E-state index contributed by atoms with van der Waals surface area (Å²) < 4.78 is 10.4. The van der Waals surface area contributed by atoms with Crippen molar-refractivity contribution in [3.05, 3.63) is 36.4 Å². The first-order chi connectivity index (χ1) is 7.22. The molecule has 15 heavy (non-hydrogen) atoms. The van der Waals surface area contributed by atoms with E-state index in [4.69, 9.17) is 9.47 Å². The predicted molar refractivity (Wildman–Crippen MR) is 56.9 cm³/mol. The molecule has 0 aromatic heterocycles. The minimum absolute atomic E-state index is 0.0189. The third-order valence-corrected chi connectivity index (χ3v) is 2.61. The predicted octanol–water partition coefficient (Wildman–Crippen LogP) is 2.27. The lowest BCUT2D eigenvalue weighted by Crippen LogP contribution is -2.06. The van der Waals surface area contributed by atoms with Gasteiger partial charge in [-0.25, -0.2) is 0 Å². The first kappa shape index (κ1) is 10.1. The van der Waals surface area contributed by atoms with Crippen molar-refractivity contribution in [2.45, 2.75) is 13.0 Å². The van der Waals surface area contributed by atoms with E-state index < -0.39 is 6.10 Å². The molecule has 1 aliphatic heterocycles. The highest BCUT2D eigenvalue weighted by Crippen LogP contribution is 2.35. The van der Waals surface area contributed by atoms with Crippen LogP contribution in [0.5, 0.6) is 11.5 Å². The van der Waals surface area contributed by atoms with Crippen molar-refractivity contribution >= 4 is 0 Å². The summed E-state index contributed by atoms with van der Waals surface area (Å²) in [6.07, 6.45) is 1.19. The average Bonchev–Trinajstić information content (AvgIpc) is 2.73. The van der Waals surface area contributed by atoms with Crippen molar-refractivity contribution in [3.63, 3.8) is 0 Å². The summed E-state index contributed by atoms with van der Waals surface area (Å²) in [7, 11) is 0. The molecule has 0 saturated heterocycles. The highest BCUT2D eigenvalue weighted by atomic mass is 16.7. The SMILES string of the molecule is C=C[C@H](C)[C@H](O)c1ccc2c(c1)OCO2. The van der Waals surface area contributed by atoms with Crippen LogP contribution >= 0.6 is 0 Å². The van der Waals surface area contributed by atoms with Crippen LogP contribution < -0.4 is 9.47 Å². The van der Waals surface area contributed by atoms with E-state index >= 15 is 0 Å². The first-order valence-corrected chi connectivity index (χ1v) is 4.92. The molecule has 2 atom stereocenters. The minimum Gasteiger partial charge on any atom is -0.454 e. The van der Waals surface area contributed by atoms with Crippen LogP contribution in [0.3, 0.4) is 0 Å². The summed E-state index contributed by atoms with van der Waals surface area (Å²) in [4.78, 5) is 0. The van der Waals surface area contributed by atoms with Gasteiger partial charge in [-0.1, -0.05) is 19.1 Å². The summed E-state index contributed by atoms with van der Waals surface area (Å²) in [6.45, 7) is 5.84. The van der Waals surface area contributed by atoms with Gasteiger partial charge in [-0.2, -0.15) is 0 Å². The van der Waals surface area contributed by atoms with Gasteiger partial charge in [0.2, 0.25) is 6.79 Å². The maximum absolute atomic E-state index is 9.95. The molecular weight excluding hydrogens is 192 g/mol. The van der Waals surface area contributed by atoms with Crippen molar-refractivity contribution in [2.24, 2.45) is 5.92 Å². The molecule has 80 valence electrons. The molecule has 0 amide bonds. The Morgan fingerprint density at radius 2 is 2.13 bits per heavy atom. The topological polar surface area (TPSA) is 38.7 Å². The zero-order valence-electron chi connectivity index (χ0n) is 8.64. The molecule has 1 heterocycles. The van der Waals surface area contributed by atoms with E-state index in [9.17, 15) is 5.11 Å². The standard InChI is InChI=1S/C12H14O3/c1-3-8(2)12(13)9-4-5-10-11(6-9)15-7-14-10/h3-6,8,12-13H,1,7H2,2H3/t8-,12-/m0/s1. The van der Waals surface area contributed by atoms with E-state index in [1.165, 1.54) is 0 Å². The Kier molecular flexibility index (Phi) is 2.64. The van der Waals surface area contributed by atoms with Gasteiger partial charge in [0.15, 0.2) is 11.5 Å². The van der Waals surface area contributed by atoms with Gasteiger partial charge >= 0.3 is 0 Å². The quantitative estimate of drug-likeness (QED) is 0.771. The van der Waals surface area contributed by atoms with E-state index in [1.54, 1.807) is 6.08 Å². The number of aliphatic hydroxyl groups is 1. The highest BCUT2D eigenvalue weighted by molar-refractivity contribution is 5.45. The number of aliphatic hydroxyl groups excluding tert-OH is 1. The van der Waals surface area contributed by atoms with E-state index in [-0.39, 0.29) is 12.7 Å². The van der Waals surface area contributed by atoms with Gasteiger partial charge in [-0.05, 0) is 17.7 Å². The fourth-order valence-corrected chi connectivity index (χ4v) is 1.53. The minimum atomic E-state index is -0.544. The molecule has 0 radical (unpaired) electrons. The third-order valence-electron chi connectivity index (χ3n) is 2.61. The molecule has 3 nitrogen and oxygen atoms in total. The Morgan fingerprint density at radius 3 is 2.87 bits per heavy atom. The number of ether oxygens (including phenoxy) is 2. The summed E-state index contributed by atoms with van der Waals surface area (Å²) in [5.74, 6) is 1.45. The van der Waals surface area contributed by atoms with Crippen molar-refractivity contribution in [1.29, 1.82) is 0 Å². The molecule has 2 rings (SSSR count). The highest BCUT2D eigenvalue weighted by Gasteiger charge is 2.18. The zero-order valence-corrected chi connectivity index (χ0v) is 8.64. The molecule has 0 bridgehead atoms. The fourth-order valence-electron chi connectivity index (χ4n) is 1.53. The number of rotatable bonds is 3. The molecule has 1 N–H and O–H groups in total. The van der Waals surface area contributed by atoms with Crippen LogP contribution in [0, 0.1) is 5.92 Å². The Morgan fingerprint density at radius 1 is 1.40 bits per heavy atom. The second kappa shape index (κ2) is 3.95. The maximum atomic E-state index is 9.95. The van der Waals surface area contributed by atoms with Gasteiger partial charge < -0.3 is 14.6 Å². The lowest BCUT2D eigenvalue weighted by Gasteiger charge is -2.15. The Hall–Kier alpha value is -1.48. The molecule has 0 aliphatic carbocycles. The van der Waals surface area contributed by atoms with E-state index in [0.29, 0.717) is 5.75 Å². The van der Waals surface area contributed by atoms with Crippen molar-refractivity contribution in [2.75, 3.05) is 6.79 Å². The molecule has 0 saturated carbocycles. The second-order valence-electron chi connectivity index (χ2n) is 3.65. The number of hydrogen-bond donors (Lipinski definition) is 1. The smallest absolute Gasteiger partial charge is 0.231 e. The Balaban J connectivity index is 2.26. The molecule has 1 aromatic rings. The number of benzene rings is 1. The molecule has 0 fully saturated rings. The number of hydrogen-bond acceptors (Lipinski definition) is 3. The van der Waals surface area contributed by atoms with E-state index in [2.05, 4.69) is 6.58 Å². The maximum Gasteiger partial charge on any atom is 0.231 e. The van der Waals surface area contributed by atoms with Crippen LogP contribution in [0.15, 0.2) is 30.9 Å².